The molecule has 0 atom stereocenters. The summed E-state index contributed by atoms with van der Waals surface area (Å²) in [7, 11) is -3.90. The first-order chi connectivity index (χ1) is 16.2. The summed E-state index contributed by atoms with van der Waals surface area (Å²) < 4.78 is 104. The van der Waals surface area contributed by atoms with Crippen molar-refractivity contribution in [2.75, 3.05) is 0 Å². The SMILES string of the molecule is NS(=O)(=O)c1ccc(C#Cc2cnc3c(C(F)(F)F)cc(-c4ccc(C(F)(F)F)cc4)cn23)cc1. The van der Waals surface area contributed by atoms with Crippen LogP contribution < -0.4 is 5.14 Å². The van der Waals surface area contributed by atoms with Crippen molar-refractivity contribution in [3.8, 4) is 23.0 Å². The van der Waals surface area contributed by atoms with Crippen LogP contribution >= 0.6 is 0 Å². The number of imidazole rings is 1. The number of primary sulfonamides is 1. The van der Waals surface area contributed by atoms with E-state index in [-0.39, 0.29) is 21.7 Å². The van der Waals surface area contributed by atoms with Crippen LogP contribution in [0.2, 0.25) is 0 Å². The first-order valence-electron chi connectivity index (χ1n) is 9.64. The number of aromatic nitrogens is 2. The minimum atomic E-state index is -4.79. The van der Waals surface area contributed by atoms with Gasteiger partial charge in [-0.3, -0.25) is 4.40 Å². The van der Waals surface area contributed by atoms with Gasteiger partial charge in [0, 0.05) is 11.8 Å². The van der Waals surface area contributed by atoms with Crippen LogP contribution in [0.1, 0.15) is 22.4 Å². The second-order valence-electron chi connectivity index (χ2n) is 7.37. The van der Waals surface area contributed by atoms with E-state index in [1.807, 2.05) is 0 Å². The molecule has 0 saturated heterocycles. The maximum atomic E-state index is 13.7. The first kappa shape index (κ1) is 24.3. The number of rotatable bonds is 2. The maximum absolute atomic E-state index is 13.7. The lowest BCUT2D eigenvalue weighted by atomic mass is 10.0. The van der Waals surface area contributed by atoms with E-state index >= 15 is 0 Å². The number of fused-ring (bicyclic) bond motifs is 1. The summed E-state index contributed by atoms with van der Waals surface area (Å²) in [6.07, 6.45) is -6.94. The van der Waals surface area contributed by atoms with E-state index < -0.39 is 39.1 Å². The van der Waals surface area contributed by atoms with E-state index in [2.05, 4.69) is 16.8 Å². The van der Waals surface area contributed by atoms with Gasteiger partial charge in [0.25, 0.3) is 0 Å². The molecular formula is C23H13F6N3O2S. The Balaban J connectivity index is 1.81. The van der Waals surface area contributed by atoms with Gasteiger partial charge in [0.15, 0.2) is 0 Å². The van der Waals surface area contributed by atoms with Crippen molar-refractivity contribution in [2.24, 2.45) is 5.14 Å². The third kappa shape index (κ3) is 5.16. The predicted molar refractivity (Wildman–Crippen MR) is 114 cm³/mol. The molecule has 180 valence electrons. The molecule has 2 N–H and O–H groups in total. The lowest BCUT2D eigenvalue weighted by molar-refractivity contribution is -0.138. The molecule has 0 aliphatic rings. The predicted octanol–water partition coefficient (Wildman–Crippen LogP) is 5.09. The number of nitrogens with zero attached hydrogens (tertiary/aromatic N) is 2. The Morgan fingerprint density at radius 2 is 1.46 bits per heavy atom. The molecule has 12 heteroatoms. The van der Waals surface area contributed by atoms with Crippen molar-refractivity contribution >= 4 is 15.7 Å². The number of pyridine rings is 1. The molecule has 2 aromatic carbocycles. The summed E-state index contributed by atoms with van der Waals surface area (Å²) in [5.41, 5.74) is -1.85. The molecule has 35 heavy (non-hydrogen) atoms. The molecule has 0 radical (unpaired) electrons. The molecule has 0 aliphatic heterocycles. The van der Waals surface area contributed by atoms with Crippen LogP contribution in [0, 0.1) is 11.8 Å². The van der Waals surface area contributed by atoms with Crippen LogP contribution in [0.3, 0.4) is 0 Å². The Morgan fingerprint density at radius 1 is 0.829 bits per heavy atom. The van der Waals surface area contributed by atoms with Crippen LogP contribution in [0.4, 0.5) is 26.3 Å². The number of hydrogen-bond acceptors (Lipinski definition) is 3. The van der Waals surface area contributed by atoms with Crippen LogP contribution in [-0.2, 0) is 22.4 Å². The standard InChI is InChI=1S/C23H13F6N3O2S/c24-22(25,26)17-6-4-15(5-7-17)16-11-20(23(27,28)29)21-31-12-18(32(21)13-16)8-1-14-2-9-19(10-3-14)35(30,33)34/h2-7,9-13H,(H2,30,33,34). The Kier molecular flexibility index (Phi) is 5.86. The van der Waals surface area contributed by atoms with Crippen LogP contribution in [-0.4, -0.2) is 17.8 Å². The first-order valence-corrected chi connectivity index (χ1v) is 11.2. The minimum absolute atomic E-state index is 0.0112. The fraction of sp³-hybridized carbons (Fsp3) is 0.0870. The molecular weight excluding hydrogens is 496 g/mol. The van der Waals surface area contributed by atoms with Gasteiger partial charge in [0.2, 0.25) is 10.0 Å². The van der Waals surface area contributed by atoms with Gasteiger partial charge in [-0.25, -0.2) is 18.5 Å². The normalized spacial score (nSPS) is 12.4. The molecule has 0 saturated carbocycles. The van der Waals surface area contributed by atoms with Crippen molar-refractivity contribution in [3.05, 3.63) is 89.4 Å². The molecule has 0 amide bonds. The summed E-state index contributed by atoms with van der Waals surface area (Å²) in [4.78, 5) is 3.69. The van der Waals surface area contributed by atoms with Crippen molar-refractivity contribution in [1.82, 2.24) is 9.38 Å². The number of sulfonamides is 1. The zero-order valence-corrected chi connectivity index (χ0v) is 18.1. The molecule has 0 unspecified atom stereocenters. The second-order valence-corrected chi connectivity index (χ2v) is 8.93. The van der Waals surface area contributed by atoms with Gasteiger partial charge < -0.3 is 0 Å². The van der Waals surface area contributed by atoms with E-state index in [0.717, 1.165) is 40.9 Å². The van der Waals surface area contributed by atoms with Gasteiger partial charge in [0.1, 0.15) is 11.3 Å². The van der Waals surface area contributed by atoms with E-state index in [9.17, 15) is 34.8 Å². The van der Waals surface area contributed by atoms with Gasteiger partial charge >= 0.3 is 12.4 Å². The summed E-state index contributed by atoms with van der Waals surface area (Å²) in [6.45, 7) is 0. The van der Waals surface area contributed by atoms with Crippen molar-refractivity contribution < 1.29 is 34.8 Å². The van der Waals surface area contributed by atoms with Gasteiger partial charge in [0.05, 0.1) is 22.2 Å². The number of hydrogen-bond donors (Lipinski definition) is 1. The number of halogens is 6. The van der Waals surface area contributed by atoms with Gasteiger partial charge in [-0.15, -0.1) is 0 Å². The topological polar surface area (TPSA) is 77.5 Å². The van der Waals surface area contributed by atoms with Gasteiger partial charge in [-0.1, -0.05) is 18.1 Å². The Hall–Kier alpha value is -3.82. The fourth-order valence-electron chi connectivity index (χ4n) is 3.26. The smallest absolute Gasteiger partial charge is 0.292 e. The Labute approximate surface area is 194 Å². The zero-order chi connectivity index (χ0) is 25.6. The summed E-state index contributed by atoms with van der Waals surface area (Å²) in [5, 5.41) is 5.04. The van der Waals surface area contributed by atoms with E-state index in [4.69, 9.17) is 5.14 Å². The third-order valence-electron chi connectivity index (χ3n) is 4.97. The zero-order valence-electron chi connectivity index (χ0n) is 17.3. The van der Waals surface area contributed by atoms with Crippen molar-refractivity contribution in [1.29, 1.82) is 0 Å². The molecule has 0 bridgehead atoms. The van der Waals surface area contributed by atoms with Crippen LogP contribution in [0.5, 0.6) is 0 Å². The molecule has 0 aliphatic carbocycles. The fourth-order valence-corrected chi connectivity index (χ4v) is 3.78. The Bertz CT molecular complexity index is 1580. The number of alkyl halides is 6. The molecule has 5 nitrogen and oxygen atoms in total. The molecule has 0 fully saturated rings. The molecule has 4 aromatic rings. The molecule has 2 heterocycles. The van der Waals surface area contributed by atoms with Crippen molar-refractivity contribution in [2.45, 2.75) is 17.2 Å². The monoisotopic (exact) mass is 509 g/mol. The van der Waals surface area contributed by atoms with Gasteiger partial charge in [-0.05, 0) is 59.5 Å². The quantitative estimate of drug-likeness (QED) is 0.302. The highest BCUT2D eigenvalue weighted by molar-refractivity contribution is 7.89. The maximum Gasteiger partial charge on any atom is 0.420 e. The largest absolute Gasteiger partial charge is 0.420 e. The van der Waals surface area contributed by atoms with Crippen molar-refractivity contribution in [3.63, 3.8) is 0 Å². The average Bonchev–Trinajstić information content (AvgIpc) is 3.18. The molecule has 2 aromatic heterocycles. The Morgan fingerprint density at radius 3 is 2.00 bits per heavy atom. The lowest BCUT2D eigenvalue weighted by Crippen LogP contribution is -2.11. The van der Waals surface area contributed by atoms with E-state index in [1.54, 1.807) is 0 Å². The summed E-state index contributed by atoms with van der Waals surface area (Å²) in [5.74, 6) is 5.39. The van der Waals surface area contributed by atoms with Gasteiger partial charge in [-0.2, -0.15) is 26.3 Å². The molecule has 4 rings (SSSR count). The summed E-state index contributed by atoms with van der Waals surface area (Å²) in [6, 6.07) is 9.78. The second kappa shape index (κ2) is 8.44. The lowest BCUT2D eigenvalue weighted by Gasteiger charge is -2.12. The average molecular weight is 509 g/mol. The number of benzene rings is 2. The summed E-state index contributed by atoms with van der Waals surface area (Å²) >= 11 is 0. The van der Waals surface area contributed by atoms with Crippen LogP contribution in [0.15, 0.2) is 71.9 Å². The molecule has 0 spiro atoms. The van der Waals surface area contributed by atoms with Crippen LogP contribution in [0.25, 0.3) is 16.8 Å². The van der Waals surface area contributed by atoms with E-state index in [1.165, 1.54) is 30.5 Å². The highest BCUT2D eigenvalue weighted by Crippen LogP contribution is 2.36. The highest BCUT2D eigenvalue weighted by atomic mass is 32.2. The minimum Gasteiger partial charge on any atom is -0.292 e. The van der Waals surface area contributed by atoms with E-state index in [0.29, 0.717) is 5.56 Å². The highest BCUT2D eigenvalue weighted by Gasteiger charge is 2.35. The third-order valence-corrected chi connectivity index (χ3v) is 5.90. The number of nitrogens with two attached hydrogens (primary N) is 1.